The maximum absolute atomic E-state index is 13.2. The van der Waals surface area contributed by atoms with Crippen LogP contribution in [0.4, 0.5) is 17.1 Å². The zero-order valence-corrected chi connectivity index (χ0v) is 14.4. The van der Waals surface area contributed by atoms with Gasteiger partial charge in [0.2, 0.25) is 5.91 Å². The van der Waals surface area contributed by atoms with Crippen LogP contribution in [0.2, 0.25) is 0 Å². The summed E-state index contributed by atoms with van der Waals surface area (Å²) in [5, 5.41) is 17.6. The summed E-state index contributed by atoms with van der Waals surface area (Å²) in [6.07, 6.45) is 0. The summed E-state index contributed by atoms with van der Waals surface area (Å²) >= 11 is 1.31. The Hall–Kier alpha value is -3.44. The molecule has 1 aromatic heterocycles. The molecule has 8 heteroatoms. The molecule has 1 aliphatic heterocycles. The number of carbonyl (C=O) groups excluding carboxylic acids is 1. The lowest BCUT2D eigenvalue weighted by atomic mass is 9.99. The Kier molecular flexibility index (Phi) is 3.78. The molecule has 0 saturated carbocycles. The first kappa shape index (κ1) is 16.1. The number of nitriles is 1. The van der Waals surface area contributed by atoms with E-state index in [9.17, 15) is 4.79 Å². The highest BCUT2D eigenvalue weighted by Crippen LogP contribution is 2.46. The second kappa shape index (κ2) is 6.13. The Morgan fingerprint density at radius 1 is 1.27 bits per heavy atom. The number of benzene rings is 2. The van der Waals surface area contributed by atoms with Gasteiger partial charge in [-0.25, -0.2) is 0 Å². The van der Waals surface area contributed by atoms with Gasteiger partial charge < -0.3 is 16.4 Å². The minimum Gasteiger partial charge on any atom is -0.397 e. The van der Waals surface area contributed by atoms with Crippen LogP contribution in [0.1, 0.15) is 27.6 Å². The predicted molar refractivity (Wildman–Crippen MR) is 99.4 cm³/mol. The summed E-state index contributed by atoms with van der Waals surface area (Å²) in [6.45, 7) is 0.333. The number of carbonyl (C=O) groups is 1. The van der Waals surface area contributed by atoms with Crippen LogP contribution < -0.4 is 16.4 Å². The van der Waals surface area contributed by atoms with Gasteiger partial charge in [-0.3, -0.25) is 4.79 Å². The summed E-state index contributed by atoms with van der Waals surface area (Å²) in [6, 6.07) is 12.8. The van der Waals surface area contributed by atoms with Crippen molar-refractivity contribution in [1.82, 2.24) is 10.2 Å². The van der Waals surface area contributed by atoms with E-state index >= 15 is 0 Å². The zero-order chi connectivity index (χ0) is 18.3. The third kappa shape index (κ3) is 2.46. The van der Waals surface area contributed by atoms with Crippen LogP contribution in [-0.2, 0) is 11.3 Å². The summed E-state index contributed by atoms with van der Waals surface area (Å²) in [5.74, 6) is -0.739. The number of rotatable bonds is 3. The lowest BCUT2D eigenvalue weighted by molar-refractivity contribution is -0.118. The number of anilines is 3. The average Bonchev–Trinajstić information content (AvgIpc) is 3.26. The van der Waals surface area contributed by atoms with Crippen LogP contribution in [0.25, 0.3) is 0 Å². The molecule has 4 N–H and O–H groups in total. The van der Waals surface area contributed by atoms with E-state index in [2.05, 4.69) is 16.3 Å². The molecule has 2 heterocycles. The quantitative estimate of drug-likeness (QED) is 0.689. The molecular weight excluding hydrogens is 348 g/mol. The van der Waals surface area contributed by atoms with Crippen LogP contribution in [0.3, 0.4) is 0 Å². The molecule has 1 unspecified atom stereocenters. The normalized spacial score (nSPS) is 15.7. The van der Waals surface area contributed by atoms with Gasteiger partial charge in [-0.05, 0) is 29.8 Å². The van der Waals surface area contributed by atoms with Crippen LogP contribution in [0.5, 0.6) is 0 Å². The third-order valence-corrected chi connectivity index (χ3v) is 5.17. The van der Waals surface area contributed by atoms with E-state index in [-0.39, 0.29) is 5.91 Å². The van der Waals surface area contributed by atoms with Crippen molar-refractivity contribution < 1.29 is 4.79 Å². The fraction of sp³-hybridized carbons (Fsp3) is 0.111. The second-order valence-electron chi connectivity index (χ2n) is 5.95. The van der Waals surface area contributed by atoms with Crippen molar-refractivity contribution in [2.24, 2.45) is 0 Å². The van der Waals surface area contributed by atoms with Crippen LogP contribution >= 0.6 is 11.3 Å². The minimum atomic E-state index is -0.611. The topological polar surface area (TPSA) is 122 Å². The van der Waals surface area contributed by atoms with Gasteiger partial charge in [0, 0.05) is 5.56 Å². The number of amides is 1. The fourth-order valence-corrected chi connectivity index (χ4v) is 3.85. The van der Waals surface area contributed by atoms with E-state index in [0.717, 1.165) is 5.56 Å². The molecule has 2 aromatic carbocycles. The molecule has 3 aromatic rings. The molecule has 1 amide bonds. The van der Waals surface area contributed by atoms with Gasteiger partial charge >= 0.3 is 0 Å². The monoisotopic (exact) mass is 362 g/mol. The van der Waals surface area contributed by atoms with Gasteiger partial charge in [0.1, 0.15) is 16.4 Å². The highest BCUT2D eigenvalue weighted by molar-refractivity contribution is 7.09. The molecule has 128 valence electrons. The molecule has 4 rings (SSSR count). The molecule has 1 atom stereocenters. The number of hydrogen-bond acceptors (Lipinski definition) is 7. The first-order valence-corrected chi connectivity index (χ1v) is 8.72. The standard InChI is InChI=1S/C18H14N6OS/c19-7-10-2-1-3-11(6-10)8-24-13-5-4-12(20)16(21)14(13)15(18(24)25)17-23-22-9-26-17/h1-6,9,15H,8,20-21H2. The summed E-state index contributed by atoms with van der Waals surface area (Å²) in [4.78, 5) is 14.8. The third-order valence-electron chi connectivity index (χ3n) is 4.41. The van der Waals surface area contributed by atoms with E-state index in [1.165, 1.54) is 11.3 Å². The van der Waals surface area contributed by atoms with Gasteiger partial charge in [0.05, 0.1) is 35.2 Å². The average molecular weight is 362 g/mol. The van der Waals surface area contributed by atoms with Gasteiger partial charge in [-0.2, -0.15) is 5.26 Å². The first-order valence-electron chi connectivity index (χ1n) is 7.84. The smallest absolute Gasteiger partial charge is 0.242 e. The summed E-state index contributed by atoms with van der Waals surface area (Å²) in [7, 11) is 0. The molecule has 0 fully saturated rings. The van der Waals surface area contributed by atoms with E-state index in [1.54, 1.807) is 40.7 Å². The van der Waals surface area contributed by atoms with Gasteiger partial charge in [-0.1, -0.05) is 12.1 Å². The van der Waals surface area contributed by atoms with Crippen LogP contribution in [0, 0.1) is 11.3 Å². The highest BCUT2D eigenvalue weighted by atomic mass is 32.1. The Labute approximate surface area is 153 Å². The van der Waals surface area contributed by atoms with E-state index < -0.39 is 5.92 Å². The summed E-state index contributed by atoms with van der Waals surface area (Å²) in [5.41, 5.74) is 17.4. The molecule has 0 bridgehead atoms. The van der Waals surface area contributed by atoms with Crippen LogP contribution in [-0.4, -0.2) is 16.1 Å². The first-order chi connectivity index (χ1) is 12.6. The number of nitrogens with two attached hydrogens (primary N) is 2. The van der Waals surface area contributed by atoms with Crippen molar-refractivity contribution in [3.8, 4) is 6.07 Å². The molecule has 26 heavy (non-hydrogen) atoms. The Balaban J connectivity index is 1.81. The Morgan fingerprint density at radius 3 is 2.85 bits per heavy atom. The van der Waals surface area contributed by atoms with Crippen molar-refractivity contribution in [1.29, 1.82) is 5.26 Å². The number of nitrogen functional groups attached to an aromatic ring is 2. The maximum atomic E-state index is 13.2. The van der Waals surface area contributed by atoms with E-state index in [0.29, 0.717) is 39.7 Å². The van der Waals surface area contributed by atoms with Crippen LogP contribution in [0.15, 0.2) is 41.9 Å². The number of hydrogen-bond donors (Lipinski definition) is 2. The molecule has 1 aliphatic rings. The lowest BCUT2D eigenvalue weighted by Gasteiger charge is -2.18. The van der Waals surface area contributed by atoms with Gasteiger partial charge in [0.15, 0.2) is 0 Å². The Morgan fingerprint density at radius 2 is 2.12 bits per heavy atom. The summed E-state index contributed by atoms with van der Waals surface area (Å²) < 4.78 is 0. The van der Waals surface area contributed by atoms with Crippen molar-refractivity contribution in [3.05, 3.63) is 63.6 Å². The van der Waals surface area contributed by atoms with E-state index in [4.69, 9.17) is 16.7 Å². The SMILES string of the molecule is N#Cc1cccc(CN2C(=O)C(c3nncs3)c3c2ccc(N)c3N)c1. The molecule has 0 saturated heterocycles. The predicted octanol–water partition coefficient (Wildman–Crippen LogP) is 2.25. The zero-order valence-electron chi connectivity index (χ0n) is 13.6. The molecule has 0 spiro atoms. The Bertz CT molecular complexity index is 1040. The molecule has 0 radical (unpaired) electrons. The maximum Gasteiger partial charge on any atom is 0.242 e. The molecule has 7 nitrogen and oxygen atoms in total. The molecule has 0 aliphatic carbocycles. The largest absolute Gasteiger partial charge is 0.397 e. The molecular formula is C18H14N6OS. The lowest BCUT2D eigenvalue weighted by Crippen LogP contribution is -2.28. The number of nitrogens with zero attached hydrogens (tertiary/aromatic N) is 4. The second-order valence-corrected chi connectivity index (χ2v) is 6.81. The van der Waals surface area contributed by atoms with Crippen molar-refractivity contribution >= 4 is 34.3 Å². The van der Waals surface area contributed by atoms with E-state index in [1.807, 2.05) is 6.07 Å². The van der Waals surface area contributed by atoms with Crippen molar-refractivity contribution in [2.75, 3.05) is 16.4 Å². The number of aromatic nitrogens is 2. The van der Waals surface area contributed by atoms with Crippen molar-refractivity contribution in [2.45, 2.75) is 12.5 Å². The minimum absolute atomic E-state index is 0.128. The fourth-order valence-electron chi connectivity index (χ4n) is 3.20. The highest BCUT2D eigenvalue weighted by Gasteiger charge is 2.42. The van der Waals surface area contributed by atoms with Gasteiger partial charge in [0.25, 0.3) is 0 Å². The van der Waals surface area contributed by atoms with Gasteiger partial charge in [-0.15, -0.1) is 21.5 Å². The van der Waals surface area contributed by atoms with Crippen molar-refractivity contribution in [3.63, 3.8) is 0 Å². The number of fused-ring (bicyclic) bond motifs is 1.